The Morgan fingerprint density at radius 3 is 2.31 bits per heavy atom. The lowest BCUT2D eigenvalue weighted by Crippen LogP contribution is -2.22. The summed E-state index contributed by atoms with van der Waals surface area (Å²) in [4.78, 5) is 0. The van der Waals surface area contributed by atoms with Gasteiger partial charge in [-0.3, -0.25) is 0 Å². The third-order valence-corrected chi connectivity index (χ3v) is 6.01. The summed E-state index contributed by atoms with van der Waals surface area (Å²) in [6.07, 6.45) is 4.44. The minimum atomic E-state index is -0.272. The van der Waals surface area contributed by atoms with Gasteiger partial charge in [0.1, 0.15) is 5.75 Å². The fraction of sp³-hybridized carbons (Fsp3) is 0.556. The summed E-state index contributed by atoms with van der Waals surface area (Å²) in [5, 5.41) is 0. The van der Waals surface area contributed by atoms with Gasteiger partial charge in [-0.15, -0.1) is 0 Å². The topological polar surface area (TPSA) is 18.5 Å². The predicted molar refractivity (Wildman–Crippen MR) is 121 cm³/mol. The van der Waals surface area contributed by atoms with Crippen LogP contribution in [0.25, 0.3) is 0 Å². The molecule has 0 amide bonds. The molecular formula is C27H38O2. The molecule has 0 saturated carbocycles. The lowest BCUT2D eigenvalue weighted by molar-refractivity contribution is -0.114. The van der Waals surface area contributed by atoms with Crippen molar-refractivity contribution in [1.82, 2.24) is 0 Å². The van der Waals surface area contributed by atoms with Crippen LogP contribution in [0.15, 0.2) is 48.5 Å². The van der Waals surface area contributed by atoms with Crippen molar-refractivity contribution in [2.24, 2.45) is 11.3 Å². The van der Waals surface area contributed by atoms with Crippen LogP contribution >= 0.6 is 0 Å². The van der Waals surface area contributed by atoms with E-state index < -0.39 is 0 Å². The van der Waals surface area contributed by atoms with Gasteiger partial charge in [-0.1, -0.05) is 71.0 Å². The monoisotopic (exact) mass is 394 g/mol. The van der Waals surface area contributed by atoms with Crippen molar-refractivity contribution >= 4 is 0 Å². The fourth-order valence-electron chi connectivity index (χ4n) is 4.54. The molecule has 0 fully saturated rings. The van der Waals surface area contributed by atoms with E-state index in [1.54, 1.807) is 0 Å². The highest BCUT2D eigenvalue weighted by Crippen LogP contribution is 2.40. The highest BCUT2D eigenvalue weighted by atomic mass is 16.7. The molecule has 2 aromatic rings. The predicted octanol–water partition coefficient (Wildman–Crippen LogP) is 7.68. The summed E-state index contributed by atoms with van der Waals surface area (Å²) < 4.78 is 12.4. The molecule has 3 rings (SSSR count). The SMILES string of the molecule is CC(C)CC(c1ccc(OC(C)OC2CCCc3ccccc32)cc1)C(C)(C)C. The molecule has 0 N–H and O–H groups in total. The summed E-state index contributed by atoms with van der Waals surface area (Å²) >= 11 is 0. The largest absolute Gasteiger partial charge is 0.465 e. The van der Waals surface area contributed by atoms with E-state index in [-0.39, 0.29) is 17.8 Å². The number of ether oxygens (including phenoxy) is 2. The van der Waals surface area contributed by atoms with E-state index in [0.717, 1.165) is 18.6 Å². The van der Waals surface area contributed by atoms with E-state index in [0.29, 0.717) is 11.8 Å². The number of aryl methyl sites for hydroxylation is 1. The zero-order valence-corrected chi connectivity index (χ0v) is 19.1. The van der Waals surface area contributed by atoms with E-state index >= 15 is 0 Å². The van der Waals surface area contributed by atoms with E-state index in [9.17, 15) is 0 Å². The third kappa shape index (κ3) is 5.85. The molecule has 3 unspecified atom stereocenters. The molecule has 0 spiro atoms. The van der Waals surface area contributed by atoms with Crippen molar-refractivity contribution < 1.29 is 9.47 Å². The molecule has 0 aliphatic heterocycles. The number of rotatable bonds is 7. The van der Waals surface area contributed by atoms with Crippen LogP contribution in [0.1, 0.15) is 89.5 Å². The average molecular weight is 395 g/mol. The quantitative estimate of drug-likeness (QED) is 0.448. The minimum absolute atomic E-state index is 0.130. The molecular weight excluding hydrogens is 356 g/mol. The second-order valence-electron chi connectivity index (χ2n) is 10.0. The van der Waals surface area contributed by atoms with Crippen molar-refractivity contribution in [3.8, 4) is 5.75 Å². The molecule has 0 bridgehead atoms. The first-order valence-corrected chi connectivity index (χ1v) is 11.2. The van der Waals surface area contributed by atoms with E-state index in [1.165, 1.54) is 29.5 Å². The maximum absolute atomic E-state index is 6.28. The maximum Gasteiger partial charge on any atom is 0.197 e. The molecule has 0 radical (unpaired) electrons. The van der Waals surface area contributed by atoms with Crippen LogP contribution in [0.3, 0.4) is 0 Å². The van der Waals surface area contributed by atoms with Gasteiger partial charge in [0.25, 0.3) is 0 Å². The first-order chi connectivity index (χ1) is 13.7. The molecule has 29 heavy (non-hydrogen) atoms. The highest BCUT2D eigenvalue weighted by Gasteiger charge is 2.27. The number of benzene rings is 2. The zero-order valence-electron chi connectivity index (χ0n) is 19.1. The summed E-state index contributed by atoms with van der Waals surface area (Å²) in [6.45, 7) is 13.6. The summed E-state index contributed by atoms with van der Waals surface area (Å²) in [6, 6.07) is 17.3. The van der Waals surface area contributed by atoms with Crippen molar-refractivity contribution in [1.29, 1.82) is 0 Å². The first kappa shape index (κ1) is 21.9. The zero-order chi connectivity index (χ0) is 21.0. The van der Waals surface area contributed by atoms with Crippen LogP contribution in [0.5, 0.6) is 5.75 Å². The first-order valence-electron chi connectivity index (χ1n) is 11.2. The van der Waals surface area contributed by atoms with Gasteiger partial charge in [0.05, 0.1) is 6.10 Å². The van der Waals surface area contributed by atoms with Crippen molar-refractivity contribution in [3.63, 3.8) is 0 Å². The molecule has 1 aliphatic carbocycles. The summed E-state index contributed by atoms with van der Waals surface area (Å²) in [5.41, 5.74) is 4.38. The van der Waals surface area contributed by atoms with Crippen molar-refractivity contribution in [2.45, 2.75) is 85.5 Å². The van der Waals surface area contributed by atoms with E-state index in [4.69, 9.17) is 9.47 Å². The van der Waals surface area contributed by atoms with Gasteiger partial charge < -0.3 is 9.47 Å². The molecule has 0 heterocycles. The highest BCUT2D eigenvalue weighted by molar-refractivity contribution is 5.32. The smallest absolute Gasteiger partial charge is 0.197 e. The molecule has 3 atom stereocenters. The van der Waals surface area contributed by atoms with Gasteiger partial charge in [0.15, 0.2) is 6.29 Å². The second-order valence-corrected chi connectivity index (χ2v) is 10.0. The number of hydrogen-bond acceptors (Lipinski definition) is 2. The van der Waals surface area contributed by atoms with Gasteiger partial charge in [-0.25, -0.2) is 0 Å². The van der Waals surface area contributed by atoms with Crippen LogP contribution < -0.4 is 4.74 Å². The molecule has 2 heteroatoms. The van der Waals surface area contributed by atoms with Gasteiger partial charge >= 0.3 is 0 Å². The Morgan fingerprint density at radius 1 is 0.966 bits per heavy atom. The summed E-state index contributed by atoms with van der Waals surface area (Å²) in [7, 11) is 0. The van der Waals surface area contributed by atoms with Gasteiger partial charge in [-0.2, -0.15) is 0 Å². The van der Waals surface area contributed by atoms with Crippen LogP contribution in [0.2, 0.25) is 0 Å². The Kier molecular flexibility index (Phi) is 7.05. The molecule has 0 aromatic heterocycles. The van der Waals surface area contributed by atoms with Crippen LogP contribution in [0, 0.1) is 11.3 Å². The molecule has 2 aromatic carbocycles. The summed E-state index contributed by atoms with van der Waals surface area (Å²) in [5.74, 6) is 2.11. The Labute approximate surface area is 177 Å². The number of hydrogen-bond donors (Lipinski definition) is 0. The van der Waals surface area contributed by atoms with Crippen LogP contribution in [-0.2, 0) is 11.2 Å². The molecule has 1 aliphatic rings. The molecule has 0 saturated heterocycles. The van der Waals surface area contributed by atoms with Gasteiger partial charge in [-0.05, 0) is 78.7 Å². The second kappa shape index (κ2) is 9.34. The normalized spacial score (nSPS) is 18.9. The van der Waals surface area contributed by atoms with Gasteiger partial charge in [0, 0.05) is 0 Å². The van der Waals surface area contributed by atoms with Gasteiger partial charge in [0.2, 0.25) is 0 Å². The Bertz CT molecular complexity index is 770. The van der Waals surface area contributed by atoms with Crippen LogP contribution in [0.4, 0.5) is 0 Å². The lowest BCUT2D eigenvalue weighted by Gasteiger charge is -2.33. The maximum atomic E-state index is 6.28. The molecule has 2 nitrogen and oxygen atoms in total. The number of fused-ring (bicyclic) bond motifs is 1. The van der Waals surface area contributed by atoms with E-state index in [1.807, 2.05) is 6.92 Å². The minimum Gasteiger partial charge on any atom is -0.465 e. The van der Waals surface area contributed by atoms with Crippen molar-refractivity contribution in [3.05, 3.63) is 65.2 Å². The van der Waals surface area contributed by atoms with Crippen LogP contribution in [-0.4, -0.2) is 6.29 Å². The molecule has 158 valence electrons. The Morgan fingerprint density at radius 2 is 1.66 bits per heavy atom. The van der Waals surface area contributed by atoms with Crippen molar-refractivity contribution in [2.75, 3.05) is 0 Å². The third-order valence-electron chi connectivity index (χ3n) is 6.01. The Hall–Kier alpha value is -1.80. The van der Waals surface area contributed by atoms with E-state index in [2.05, 4.69) is 83.1 Å². The lowest BCUT2D eigenvalue weighted by atomic mass is 9.72. The fourth-order valence-corrected chi connectivity index (χ4v) is 4.54. The Balaban J connectivity index is 1.64. The average Bonchev–Trinajstić information content (AvgIpc) is 2.66. The standard InChI is InChI=1S/C27H38O2/c1-19(2)18-25(27(4,5)6)22-14-16-23(17-15-22)28-20(3)29-26-13-9-11-21-10-7-8-12-24(21)26/h7-8,10,12,14-17,19-20,25-26H,9,11,13,18H2,1-6H3.